The van der Waals surface area contributed by atoms with E-state index in [1.807, 2.05) is 35.2 Å². The summed E-state index contributed by atoms with van der Waals surface area (Å²) in [4.78, 5) is 35.0. The molecule has 1 saturated heterocycles. The minimum atomic E-state index is -3.63. The van der Waals surface area contributed by atoms with Crippen LogP contribution in [0.4, 0.5) is 0 Å². The summed E-state index contributed by atoms with van der Waals surface area (Å²) in [5.74, 6) is -0.243. The highest BCUT2D eigenvalue weighted by molar-refractivity contribution is 9.10. The van der Waals surface area contributed by atoms with E-state index in [1.54, 1.807) is 53.6 Å². The number of hydrogen-bond donors (Lipinski definition) is 1. The van der Waals surface area contributed by atoms with Crippen LogP contribution >= 0.6 is 15.9 Å². The third-order valence-electron chi connectivity index (χ3n) is 7.54. The van der Waals surface area contributed by atoms with E-state index in [2.05, 4.69) is 25.6 Å². The van der Waals surface area contributed by atoms with Gasteiger partial charge in [0.1, 0.15) is 5.69 Å². The van der Waals surface area contributed by atoms with E-state index in [-0.39, 0.29) is 34.7 Å². The molecule has 10 heteroatoms. The molecule has 1 aliphatic heterocycles. The van der Waals surface area contributed by atoms with Gasteiger partial charge >= 0.3 is 0 Å². The van der Waals surface area contributed by atoms with Crippen molar-refractivity contribution in [2.45, 2.75) is 42.7 Å². The van der Waals surface area contributed by atoms with Gasteiger partial charge in [0.2, 0.25) is 15.9 Å². The lowest BCUT2D eigenvalue weighted by atomic mass is 9.85. The summed E-state index contributed by atoms with van der Waals surface area (Å²) in [6.45, 7) is 1.27. The lowest BCUT2D eigenvalue weighted by molar-refractivity contribution is -0.141. The molecule has 2 amide bonds. The molecule has 5 rings (SSSR count). The van der Waals surface area contributed by atoms with Crippen LogP contribution in [-0.2, 0) is 14.8 Å². The predicted molar refractivity (Wildman–Crippen MR) is 151 cm³/mol. The van der Waals surface area contributed by atoms with Crippen LogP contribution in [0.2, 0.25) is 0 Å². The van der Waals surface area contributed by atoms with Gasteiger partial charge in [-0.1, -0.05) is 52.3 Å². The van der Waals surface area contributed by atoms with Crippen molar-refractivity contribution in [2.75, 3.05) is 19.6 Å². The Morgan fingerprint density at radius 1 is 0.872 bits per heavy atom. The van der Waals surface area contributed by atoms with Gasteiger partial charge in [-0.05, 0) is 67.6 Å². The Bertz CT molecular complexity index is 1400. The molecule has 2 aliphatic rings. The number of rotatable bonds is 6. The first-order valence-electron chi connectivity index (χ1n) is 13.2. The SMILES string of the molecule is O=C(c1ccccn1)N1CCN(C(=O)[C@H]2CC[C@H](NS(=O)(=O)c3ccc(Br)cc3)CC2)[C@@H](c2ccccc2)C1. The van der Waals surface area contributed by atoms with E-state index in [4.69, 9.17) is 0 Å². The molecule has 2 aromatic carbocycles. The maximum Gasteiger partial charge on any atom is 0.272 e. The number of amides is 2. The Morgan fingerprint density at radius 3 is 2.23 bits per heavy atom. The number of carbonyl (C=O) groups excluding carboxylic acids is 2. The van der Waals surface area contributed by atoms with Gasteiger partial charge in [0, 0.05) is 42.3 Å². The number of nitrogens with zero attached hydrogens (tertiary/aromatic N) is 3. The molecule has 0 spiro atoms. The highest BCUT2D eigenvalue weighted by Gasteiger charge is 2.38. The zero-order chi connectivity index (χ0) is 27.4. The third kappa shape index (κ3) is 6.40. The van der Waals surface area contributed by atoms with Gasteiger partial charge in [0.15, 0.2) is 0 Å². The molecule has 1 N–H and O–H groups in total. The van der Waals surface area contributed by atoms with Crippen molar-refractivity contribution >= 4 is 37.8 Å². The summed E-state index contributed by atoms with van der Waals surface area (Å²) in [6.07, 6.45) is 4.03. The zero-order valence-corrected chi connectivity index (χ0v) is 23.9. The number of benzene rings is 2. The summed E-state index contributed by atoms with van der Waals surface area (Å²) < 4.78 is 29.3. The Hall–Kier alpha value is -3.08. The molecule has 204 valence electrons. The monoisotopic (exact) mass is 610 g/mol. The van der Waals surface area contributed by atoms with Crippen LogP contribution in [0, 0.1) is 5.92 Å². The molecule has 0 radical (unpaired) electrons. The molecule has 1 aromatic heterocycles. The molecule has 1 aliphatic carbocycles. The smallest absolute Gasteiger partial charge is 0.272 e. The molecule has 0 bridgehead atoms. The first kappa shape index (κ1) is 27.5. The molecule has 8 nitrogen and oxygen atoms in total. The average Bonchev–Trinajstić information content (AvgIpc) is 2.97. The van der Waals surface area contributed by atoms with Crippen molar-refractivity contribution in [3.8, 4) is 0 Å². The van der Waals surface area contributed by atoms with Crippen molar-refractivity contribution < 1.29 is 18.0 Å². The number of carbonyl (C=O) groups is 2. The molecule has 39 heavy (non-hydrogen) atoms. The van der Waals surface area contributed by atoms with Gasteiger partial charge < -0.3 is 9.80 Å². The first-order chi connectivity index (χ1) is 18.8. The normalized spacial score (nSPS) is 21.9. The number of nitrogens with one attached hydrogen (secondary N) is 1. The van der Waals surface area contributed by atoms with Crippen molar-refractivity contribution in [3.63, 3.8) is 0 Å². The topological polar surface area (TPSA) is 99.7 Å². The van der Waals surface area contributed by atoms with Gasteiger partial charge in [0.05, 0.1) is 10.9 Å². The quantitative estimate of drug-likeness (QED) is 0.446. The fourth-order valence-electron chi connectivity index (χ4n) is 5.44. The number of piperazine rings is 1. The van der Waals surface area contributed by atoms with Crippen LogP contribution in [0.5, 0.6) is 0 Å². The number of hydrogen-bond acceptors (Lipinski definition) is 5. The molecule has 2 fully saturated rings. The lowest BCUT2D eigenvalue weighted by Crippen LogP contribution is -2.54. The lowest BCUT2D eigenvalue weighted by Gasteiger charge is -2.43. The largest absolute Gasteiger partial charge is 0.333 e. The van der Waals surface area contributed by atoms with Crippen molar-refractivity contribution in [1.82, 2.24) is 19.5 Å². The van der Waals surface area contributed by atoms with E-state index >= 15 is 0 Å². The molecule has 3 aromatic rings. The maximum atomic E-state index is 13.8. The van der Waals surface area contributed by atoms with E-state index in [0.717, 1.165) is 10.0 Å². The van der Waals surface area contributed by atoms with Gasteiger partial charge in [-0.3, -0.25) is 14.6 Å². The average molecular weight is 612 g/mol. The minimum absolute atomic E-state index is 0.0722. The second-order valence-electron chi connectivity index (χ2n) is 10.0. The Balaban J connectivity index is 1.25. The predicted octanol–water partition coefficient (Wildman–Crippen LogP) is 4.41. The molecule has 1 saturated carbocycles. The van der Waals surface area contributed by atoms with Gasteiger partial charge in [-0.15, -0.1) is 0 Å². The van der Waals surface area contributed by atoms with E-state index in [0.29, 0.717) is 51.0 Å². The Labute approximate surface area is 237 Å². The van der Waals surface area contributed by atoms with Crippen LogP contribution in [0.15, 0.2) is 88.4 Å². The van der Waals surface area contributed by atoms with Crippen molar-refractivity contribution in [3.05, 3.63) is 94.7 Å². The highest BCUT2D eigenvalue weighted by atomic mass is 79.9. The summed E-state index contributed by atoms with van der Waals surface area (Å²) in [5, 5.41) is 0. The van der Waals surface area contributed by atoms with Gasteiger partial charge in [-0.25, -0.2) is 13.1 Å². The number of aromatic nitrogens is 1. The zero-order valence-electron chi connectivity index (χ0n) is 21.4. The summed E-state index contributed by atoms with van der Waals surface area (Å²) in [6, 6.07) is 21.2. The summed E-state index contributed by atoms with van der Waals surface area (Å²) in [5.41, 5.74) is 1.38. The van der Waals surface area contributed by atoms with Gasteiger partial charge in [0.25, 0.3) is 5.91 Å². The van der Waals surface area contributed by atoms with Crippen LogP contribution in [-0.4, -0.2) is 60.7 Å². The molecule has 0 unspecified atom stereocenters. The highest BCUT2D eigenvalue weighted by Crippen LogP contribution is 2.33. The molecular formula is C29H31BrN4O4S. The molecule has 1 atom stereocenters. The fourth-order valence-corrected chi connectivity index (χ4v) is 7.01. The standard InChI is InChI=1S/C29H31BrN4O4S/c30-23-11-15-25(16-12-23)39(37,38)32-24-13-9-22(10-14-24)28(35)34-19-18-33(29(36)26-8-4-5-17-31-26)20-27(34)21-6-2-1-3-7-21/h1-8,11-12,15-17,22,24,27,32H,9-10,13-14,18-20H2/t22-,24-,27-/m1/s1. The fraction of sp³-hybridized carbons (Fsp3) is 0.345. The first-order valence-corrected chi connectivity index (χ1v) is 15.4. The summed E-state index contributed by atoms with van der Waals surface area (Å²) >= 11 is 3.33. The second-order valence-corrected chi connectivity index (χ2v) is 12.7. The third-order valence-corrected chi connectivity index (χ3v) is 9.61. The maximum absolute atomic E-state index is 13.8. The van der Waals surface area contributed by atoms with E-state index in [9.17, 15) is 18.0 Å². The molecule has 2 heterocycles. The number of sulfonamides is 1. The van der Waals surface area contributed by atoms with Gasteiger partial charge in [-0.2, -0.15) is 0 Å². The van der Waals surface area contributed by atoms with Crippen molar-refractivity contribution in [1.29, 1.82) is 0 Å². The van der Waals surface area contributed by atoms with Crippen LogP contribution in [0.3, 0.4) is 0 Å². The van der Waals surface area contributed by atoms with E-state index in [1.165, 1.54) is 0 Å². The Kier molecular flexibility index (Phi) is 8.44. The molecular weight excluding hydrogens is 580 g/mol. The van der Waals surface area contributed by atoms with Crippen LogP contribution in [0.25, 0.3) is 0 Å². The summed E-state index contributed by atoms with van der Waals surface area (Å²) in [7, 11) is -3.63. The van der Waals surface area contributed by atoms with Crippen LogP contribution in [0.1, 0.15) is 47.8 Å². The second kappa shape index (κ2) is 12.0. The number of pyridine rings is 1. The number of halogens is 1. The minimum Gasteiger partial charge on any atom is -0.333 e. The Morgan fingerprint density at radius 2 is 1.56 bits per heavy atom. The van der Waals surface area contributed by atoms with Crippen molar-refractivity contribution in [2.24, 2.45) is 5.92 Å². The van der Waals surface area contributed by atoms with E-state index < -0.39 is 10.0 Å². The van der Waals surface area contributed by atoms with Crippen LogP contribution < -0.4 is 4.72 Å².